The van der Waals surface area contributed by atoms with Crippen LogP contribution in [0, 0.1) is 0 Å². The summed E-state index contributed by atoms with van der Waals surface area (Å²) >= 11 is 0. The fourth-order valence-electron chi connectivity index (χ4n) is 2.17. The van der Waals surface area contributed by atoms with Gasteiger partial charge in [-0.2, -0.15) is 0 Å². The van der Waals surface area contributed by atoms with Crippen molar-refractivity contribution >= 4 is 5.78 Å². The third-order valence-electron chi connectivity index (χ3n) is 3.40. The van der Waals surface area contributed by atoms with Crippen molar-refractivity contribution in [2.24, 2.45) is 0 Å². The number of nitrogens with zero attached hydrogens (tertiary/aromatic N) is 1. The van der Waals surface area contributed by atoms with Crippen LogP contribution in [0.1, 0.15) is 37.0 Å². The predicted octanol–water partition coefficient (Wildman–Crippen LogP) is 1.72. The van der Waals surface area contributed by atoms with Gasteiger partial charge in [-0.25, -0.2) is 0 Å². The first kappa shape index (κ1) is 18.6. The summed E-state index contributed by atoms with van der Waals surface area (Å²) in [5.74, 6) is 0.564. The third-order valence-corrected chi connectivity index (χ3v) is 3.40. The van der Waals surface area contributed by atoms with Gasteiger partial charge in [0.05, 0.1) is 6.61 Å². The number of Topliss-reactive ketones (excluding diaryl/α,β-unsaturated/α-hetero) is 1. The molecule has 1 rings (SSSR count). The average Bonchev–Trinajstić information content (AvgIpc) is 2.51. The Morgan fingerprint density at radius 2 is 2.14 bits per heavy atom. The van der Waals surface area contributed by atoms with Crippen LogP contribution in [0.25, 0.3) is 0 Å². The van der Waals surface area contributed by atoms with Crippen molar-refractivity contribution in [1.29, 1.82) is 0 Å². The van der Waals surface area contributed by atoms with E-state index in [1.807, 2.05) is 4.90 Å². The van der Waals surface area contributed by atoms with Gasteiger partial charge in [-0.15, -0.1) is 0 Å². The van der Waals surface area contributed by atoms with E-state index in [-0.39, 0.29) is 19.0 Å². The first-order valence-corrected chi connectivity index (χ1v) is 7.82. The second-order valence-electron chi connectivity index (χ2n) is 5.43. The maximum Gasteiger partial charge on any atom is 0.159 e. The molecule has 0 aliphatic rings. The van der Waals surface area contributed by atoms with Gasteiger partial charge in [0.25, 0.3) is 0 Å². The van der Waals surface area contributed by atoms with Gasteiger partial charge in [0, 0.05) is 18.7 Å². The number of aliphatic hydroxyl groups excluding tert-OH is 2. The highest BCUT2D eigenvalue weighted by Crippen LogP contribution is 2.14. The van der Waals surface area contributed by atoms with E-state index in [4.69, 9.17) is 9.84 Å². The van der Waals surface area contributed by atoms with E-state index in [0.29, 0.717) is 24.4 Å². The predicted molar refractivity (Wildman–Crippen MR) is 86.4 cm³/mol. The zero-order valence-corrected chi connectivity index (χ0v) is 13.5. The minimum absolute atomic E-state index is 0.0142. The Kier molecular flexibility index (Phi) is 8.74. The lowest BCUT2D eigenvalue weighted by atomic mass is 10.1. The van der Waals surface area contributed by atoms with Crippen LogP contribution in [0.15, 0.2) is 24.3 Å². The van der Waals surface area contributed by atoms with E-state index >= 15 is 0 Å². The van der Waals surface area contributed by atoms with Crippen molar-refractivity contribution in [3.05, 3.63) is 29.8 Å². The summed E-state index contributed by atoms with van der Waals surface area (Å²) in [5.41, 5.74) is 0.594. The highest BCUT2D eigenvalue weighted by Gasteiger charge is 2.12. The molecule has 1 aromatic rings. The summed E-state index contributed by atoms with van der Waals surface area (Å²) in [6, 6.07) is 6.94. The topological polar surface area (TPSA) is 70.0 Å². The first-order chi connectivity index (χ1) is 10.6. The molecule has 0 aliphatic heterocycles. The average molecular weight is 309 g/mol. The summed E-state index contributed by atoms with van der Waals surface area (Å²) in [6.07, 6.45) is 1.48. The third kappa shape index (κ3) is 7.02. The van der Waals surface area contributed by atoms with Crippen LogP contribution in [0.4, 0.5) is 0 Å². The molecule has 0 saturated carbocycles. The van der Waals surface area contributed by atoms with Crippen molar-refractivity contribution in [2.75, 3.05) is 32.8 Å². The number of hydrogen-bond acceptors (Lipinski definition) is 5. The molecule has 1 atom stereocenters. The number of carbonyl (C=O) groups excluding carboxylic acids is 1. The van der Waals surface area contributed by atoms with Crippen molar-refractivity contribution in [3.63, 3.8) is 0 Å². The van der Waals surface area contributed by atoms with Crippen LogP contribution in [-0.2, 0) is 0 Å². The van der Waals surface area contributed by atoms with Crippen molar-refractivity contribution in [2.45, 2.75) is 32.8 Å². The van der Waals surface area contributed by atoms with Gasteiger partial charge >= 0.3 is 0 Å². The van der Waals surface area contributed by atoms with E-state index in [2.05, 4.69) is 6.92 Å². The molecule has 1 aromatic carbocycles. The lowest BCUT2D eigenvalue weighted by molar-refractivity contribution is 0.0613. The molecule has 124 valence electrons. The molecule has 0 saturated heterocycles. The van der Waals surface area contributed by atoms with Crippen LogP contribution < -0.4 is 4.74 Å². The minimum Gasteiger partial charge on any atom is -0.491 e. The molecule has 22 heavy (non-hydrogen) atoms. The standard InChI is InChI=1S/C17H27NO4/c1-3-4-8-18(9-10-19)12-16(21)13-22-17-7-5-6-15(11-17)14(2)20/h5-7,11,16,19,21H,3-4,8-10,12-13H2,1-2H3/t16-/m1/s1. The first-order valence-electron chi connectivity index (χ1n) is 7.82. The van der Waals surface area contributed by atoms with Gasteiger partial charge in [0.1, 0.15) is 18.5 Å². The number of carbonyl (C=O) groups is 1. The van der Waals surface area contributed by atoms with Crippen molar-refractivity contribution < 1.29 is 19.7 Å². The molecular formula is C17H27NO4. The van der Waals surface area contributed by atoms with Crippen LogP contribution in [0.2, 0.25) is 0 Å². The molecule has 0 unspecified atom stereocenters. The summed E-state index contributed by atoms with van der Waals surface area (Å²) < 4.78 is 5.55. The number of ketones is 1. The van der Waals surface area contributed by atoms with Crippen LogP contribution in [0.3, 0.4) is 0 Å². The van der Waals surface area contributed by atoms with Gasteiger partial charge in [0.2, 0.25) is 0 Å². The molecule has 0 fully saturated rings. The monoisotopic (exact) mass is 309 g/mol. The molecule has 5 nitrogen and oxygen atoms in total. The Morgan fingerprint density at radius 3 is 2.77 bits per heavy atom. The Morgan fingerprint density at radius 1 is 1.36 bits per heavy atom. The van der Waals surface area contributed by atoms with E-state index in [9.17, 15) is 9.90 Å². The molecular weight excluding hydrogens is 282 g/mol. The lowest BCUT2D eigenvalue weighted by Gasteiger charge is -2.24. The number of aliphatic hydroxyl groups is 2. The number of benzene rings is 1. The molecule has 0 aliphatic carbocycles. The molecule has 0 aromatic heterocycles. The van der Waals surface area contributed by atoms with Gasteiger partial charge in [-0.05, 0) is 32.0 Å². The van der Waals surface area contributed by atoms with Crippen LogP contribution in [0.5, 0.6) is 5.75 Å². The van der Waals surface area contributed by atoms with Crippen molar-refractivity contribution in [1.82, 2.24) is 4.90 Å². The number of rotatable bonds is 11. The van der Waals surface area contributed by atoms with E-state index < -0.39 is 6.10 Å². The van der Waals surface area contributed by atoms with E-state index in [1.165, 1.54) is 6.92 Å². The normalized spacial score (nSPS) is 12.4. The number of unbranched alkanes of at least 4 members (excludes halogenated alkanes) is 1. The van der Waals surface area contributed by atoms with E-state index in [0.717, 1.165) is 19.4 Å². The molecule has 0 bridgehead atoms. The van der Waals surface area contributed by atoms with Crippen LogP contribution >= 0.6 is 0 Å². The Balaban J connectivity index is 2.45. The quantitative estimate of drug-likeness (QED) is 0.609. The second kappa shape index (κ2) is 10.3. The SMILES string of the molecule is CCCCN(CCO)C[C@@H](O)COc1cccc(C(C)=O)c1. The maximum atomic E-state index is 11.3. The van der Waals surface area contributed by atoms with Gasteiger partial charge in [-0.1, -0.05) is 25.5 Å². The van der Waals surface area contributed by atoms with Gasteiger partial charge in [-0.3, -0.25) is 9.69 Å². The highest BCUT2D eigenvalue weighted by molar-refractivity contribution is 5.94. The van der Waals surface area contributed by atoms with Gasteiger partial charge < -0.3 is 14.9 Å². The van der Waals surface area contributed by atoms with Crippen molar-refractivity contribution in [3.8, 4) is 5.75 Å². The summed E-state index contributed by atoms with van der Waals surface area (Å²) in [7, 11) is 0. The fraction of sp³-hybridized carbons (Fsp3) is 0.588. The zero-order chi connectivity index (χ0) is 16.4. The Hall–Kier alpha value is -1.43. The highest BCUT2D eigenvalue weighted by atomic mass is 16.5. The molecule has 0 amide bonds. The summed E-state index contributed by atoms with van der Waals surface area (Å²) in [6.45, 7) is 5.73. The molecule has 0 radical (unpaired) electrons. The smallest absolute Gasteiger partial charge is 0.159 e. The fourth-order valence-corrected chi connectivity index (χ4v) is 2.17. The molecule has 0 spiro atoms. The van der Waals surface area contributed by atoms with Crippen LogP contribution in [-0.4, -0.2) is 59.8 Å². The number of hydrogen-bond donors (Lipinski definition) is 2. The Bertz CT molecular complexity index is 450. The molecule has 0 heterocycles. The second-order valence-corrected chi connectivity index (χ2v) is 5.43. The Labute approximate surface area is 132 Å². The number of ether oxygens (including phenoxy) is 1. The molecule has 5 heteroatoms. The zero-order valence-electron chi connectivity index (χ0n) is 13.5. The summed E-state index contributed by atoms with van der Waals surface area (Å²) in [4.78, 5) is 13.3. The lowest BCUT2D eigenvalue weighted by Crippen LogP contribution is -2.37. The molecule has 2 N–H and O–H groups in total. The van der Waals surface area contributed by atoms with Gasteiger partial charge in [0.15, 0.2) is 5.78 Å². The summed E-state index contributed by atoms with van der Waals surface area (Å²) in [5, 5.41) is 19.1. The van der Waals surface area contributed by atoms with E-state index in [1.54, 1.807) is 24.3 Å². The maximum absolute atomic E-state index is 11.3. The minimum atomic E-state index is -0.635. The largest absolute Gasteiger partial charge is 0.491 e.